The number of aromatic hydroxyl groups is 1. The van der Waals surface area contributed by atoms with Gasteiger partial charge in [-0.1, -0.05) is 78.4 Å². The van der Waals surface area contributed by atoms with Crippen LogP contribution in [-0.4, -0.2) is 16.3 Å². The maximum atomic E-state index is 10.8. The van der Waals surface area contributed by atoms with Gasteiger partial charge in [-0.3, -0.25) is 0 Å². The molecule has 148 valence electrons. The van der Waals surface area contributed by atoms with E-state index in [2.05, 4.69) is 39.8 Å². The lowest BCUT2D eigenvalue weighted by molar-refractivity contribution is 0.0901. The highest BCUT2D eigenvalue weighted by molar-refractivity contribution is 5.42. The average Bonchev–Trinajstić information content (AvgIpc) is 2.60. The first-order valence-electron chi connectivity index (χ1n) is 10.9. The van der Waals surface area contributed by atoms with E-state index in [4.69, 9.17) is 0 Å². The van der Waals surface area contributed by atoms with Gasteiger partial charge in [-0.2, -0.15) is 0 Å². The van der Waals surface area contributed by atoms with E-state index in [-0.39, 0.29) is 11.5 Å². The summed E-state index contributed by atoms with van der Waals surface area (Å²) in [7, 11) is 0. The van der Waals surface area contributed by atoms with Crippen LogP contribution >= 0.6 is 0 Å². The van der Waals surface area contributed by atoms with Gasteiger partial charge in [-0.15, -0.1) is 0 Å². The summed E-state index contributed by atoms with van der Waals surface area (Å²) in [6, 6.07) is 6.36. The van der Waals surface area contributed by atoms with Gasteiger partial charge in [0.05, 0.1) is 6.10 Å². The van der Waals surface area contributed by atoms with Crippen LogP contribution < -0.4 is 0 Å². The topological polar surface area (TPSA) is 40.5 Å². The minimum absolute atomic E-state index is 0.0959. The number of phenolic OH excluding ortho intramolecular Hbond substituents is 1. The van der Waals surface area contributed by atoms with Gasteiger partial charge < -0.3 is 10.2 Å². The smallest absolute Gasteiger partial charge is 0.119 e. The molecule has 1 saturated carbocycles. The zero-order chi connectivity index (χ0) is 19.2. The molecule has 0 aromatic heterocycles. The molecule has 0 saturated heterocycles. The number of hydrogen-bond donors (Lipinski definition) is 2. The Balaban J connectivity index is 2.14. The molecule has 1 aromatic rings. The van der Waals surface area contributed by atoms with Gasteiger partial charge in [0.2, 0.25) is 0 Å². The van der Waals surface area contributed by atoms with Crippen LogP contribution in [0.15, 0.2) is 18.2 Å². The first-order chi connectivity index (χ1) is 12.4. The number of aliphatic hydroxyl groups is 1. The fourth-order valence-electron chi connectivity index (χ4n) is 4.72. The second-order valence-corrected chi connectivity index (χ2v) is 9.09. The molecule has 2 heteroatoms. The third-order valence-electron chi connectivity index (χ3n) is 6.49. The fourth-order valence-corrected chi connectivity index (χ4v) is 4.72. The summed E-state index contributed by atoms with van der Waals surface area (Å²) in [5, 5.41) is 21.0. The summed E-state index contributed by atoms with van der Waals surface area (Å²) in [6.45, 7) is 9.05. The Morgan fingerprint density at radius 3 is 2.46 bits per heavy atom. The largest absolute Gasteiger partial charge is 0.508 e. The molecule has 26 heavy (non-hydrogen) atoms. The third-order valence-corrected chi connectivity index (χ3v) is 6.49. The van der Waals surface area contributed by atoms with Crippen LogP contribution in [-0.2, 0) is 5.41 Å². The summed E-state index contributed by atoms with van der Waals surface area (Å²) in [6.07, 6.45) is 11.2. The molecule has 1 fully saturated rings. The van der Waals surface area contributed by atoms with E-state index < -0.39 is 0 Å². The van der Waals surface area contributed by atoms with Gasteiger partial charge in [-0.05, 0) is 60.1 Å². The van der Waals surface area contributed by atoms with E-state index in [9.17, 15) is 10.2 Å². The van der Waals surface area contributed by atoms with Crippen LogP contribution in [0.2, 0.25) is 0 Å². The van der Waals surface area contributed by atoms with Crippen molar-refractivity contribution in [2.45, 2.75) is 109 Å². The SMILES string of the molecule is CCCCCCC(C)(C)c1ccc([C@@H]2C[C@H](O)CC[C@H]2CCC)c(O)c1. The lowest BCUT2D eigenvalue weighted by atomic mass is 9.71. The van der Waals surface area contributed by atoms with E-state index in [0.29, 0.717) is 17.6 Å². The van der Waals surface area contributed by atoms with Crippen LogP contribution in [0.1, 0.15) is 109 Å². The number of unbranched alkanes of at least 4 members (excludes halogenated alkanes) is 3. The molecule has 2 N–H and O–H groups in total. The molecule has 0 amide bonds. The zero-order valence-electron chi connectivity index (χ0n) is 17.4. The Bertz CT molecular complexity index is 549. The molecule has 0 unspecified atom stereocenters. The normalized spacial score (nSPS) is 24.0. The Morgan fingerprint density at radius 2 is 1.81 bits per heavy atom. The molecule has 2 nitrogen and oxygen atoms in total. The van der Waals surface area contributed by atoms with Gasteiger partial charge >= 0.3 is 0 Å². The molecule has 0 spiro atoms. The van der Waals surface area contributed by atoms with Crippen LogP contribution in [0, 0.1) is 5.92 Å². The molecule has 0 heterocycles. The average molecular weight is 361 g/mol. The standard InChI is InChI=1S/C24H40O2/c1-5-7-8-9-15-24(3,4)19-12-14-21(23(26)16-19)22-17-20(25)13-11-18(22)10-6-2/h12,14,16,18,20,22,25-26H,5-11,13,15,17H2,1-4H3/t18-,20-,22-/m1/s1. The molecule has 0 bridgehead atoms. The van der Waals surface area contributed by atoms with Crippen molar-refractivity contribution >= 4 is 0 Å². The van der Waals surface area contributed by atoms with Crippen molar-refractivity contribution in [1.29, 1.82) is 0 Å². The summed E-state index contributed by atoms with van der Waals surface area (Å²) in [5.74, 6) is 1.31. The zero-order valence-corrected chi connectivity index (χ0v) is 17.4. The molecule has 1 aromatic carbocycles. The van der Waals surface area contributed by atoms with Crippen molar-refractivity contribution in [3.63, 3.8) is 0 Å². The Morgan fingerprint density at radius 1 is 1.04 bits per heavy atom. The lowest BCUT2D eigenvalue weighted by Crippen LogP contribution is -2.26. The monoisotopic (exact) mass is 360 g/mol. The highest BCUT2D eigenvalue weighted by atomic mass is 16.3. The summed E-state index contributed by atoms with van der Waals surface area (Å²) in [4.78, 5) is 0. The predicted octanol–water partition coefficient (Wildman–Crippen LogP) is 6.68. The molecule has 0 radical (unpaired) electrons. The quantitative estimate of drug-likeness (QED) is 0.482. The number of rotatable bonds is 9. The van der Waals surface area contributed by atoms with E-state index in [1.165, 1.54) is 44.1 Å². The van der Waals surface area contributed by atoms with Gasteiger partial charge in [0, 0.05) is 0 Å². The van der Waals surface area contributed by atoms with Crippen LogP contribution in [0.25, 0.3) is 0 Å². The Labute approximate surface area is 161 Å². The summed E-state index contributed by atoms with van der Waals surface area (Å²) >= 11 is 0. The lowest BCUT2D eigenvalue weighted by Gasteiger charge is -2.35. The minimum Gasteiger partial charge on any atom is -0.508 e. The number of phenols is 1. The van der Waals surface area contributed by atoms with Crippen molar-refractivity contribution in [2.75, 3.05) is 0 Å². The van der Waals surface area contributed by atoms with Crippen molar-refractivity contribution in [3.8, 4) is 5.75 Å². The Hall–Kier alpha value is -1.02. The van der Waals surface area contributed by atoms with E-state index >= 15 is 0 Å². The first kappa shape index (κ1) is 21.3. The van der Waals surface area contributed by atoms with Gasteiger partial charge in [-0.25, -0.2) is 0 Å². The molecule has 1 aliphatic rings. The number of benzene rings is 1. The van der Waals surface area contributed by atoms with Crippen molar-refractivity contribution < 1.29 is 10.2 Å². The van der Waals surface area contributed by atoms with Crippen LogP contribution in [0.4, 0.5) is 0 Å². The van der Waals surface area contributed by atoms with E-state index in [0.717, 1.165) is 31.2 Å². The molecular formula is C24H40O2. The maximum absolute atomic E-state index is 10.8. The molecule has 2 rings (SSSR count). The highest BCUT2D eigenvalue weighted by Crippen LogP contribution is 2.44. The molecular weight excluding hydrogens is 320 g/mol. The molecule has 3 atom stereocenters. The van der Waals surface area contributed by atoms with Gasteiger partial charge in [0.15, 0.2) is 0 Å². The number of aliphatic hydroxyl groups excluding tert-OH is 1. The predicted molar refractivity (Wildman–Crippen MR) is 111 cm³/mol. The molecule has 0 aliphatic heterocycles. The minimum atomic E-state index is -0.220. The Kier molecular flexibility index (Phi) is 8.01. The van der Waals surface area contributed by atoms with Crippen molar-refractivity contribution in [3.05, 3.63) is 29.3 Å². The highest BCUT2D eigenvalue weighted by Gasteiger charge is 2.32. The van der Waals surface area contributed by atoms with Crippen LogP contribution in [0.5, 0.6) is 5.75 Å². The van der Waals surface area contributed by atoms with E-state index in [1.54, 1.807) is 0 Å². The summed E-state index contributed by atoms with van der Waals surface area (Å²) < 4.78 is 0. The summed E-state index contributed by atoms with van der Waals surface area (Å²) in [5.41, 5.74) is 2.38. The second-order valence-electron chi connectivity index (χ2n) is 9.09. The second kappa shape index (κ2) is 9.78. The van der Waals surface area contributed by atoms with Gasteiger partial charge in [0.25, 0.3) is 0 Å². The van der Waals surface area contributed by atoms with Crippen molar-refractivity contribution in [1.82, 2.24) is 0 Å². The first-order valence-corrected chi connectivity index (χ1v) is 10.9. The third kappa shape index (κ3) is 5.49. The van der Waals surface area contributed by atoms with Crippen molar-refractivity contribution in [2.24, 2.45) is 5.92 Å². The van der Waals surface area contributed by atoms with Gasteiger partial charge in [0.1, 0.15) is 5.75 Å². The maximum Gasteiger partial charge on any atom is 0.119 e. The number of hydrogen-bond acceptors (Lipinski definition) is 2. The molecule has 1 aliphatic carbocycles. The van der Waals surface area contributed by atoms with Crippen LogP contribution in [0.3, 0.4) is 0 Å². The fraction of sp³-hybridized carbons (Fsp3) is 0.750. The van der Waals surface area contributed by atoms with E-state index in [1.807, 2.05) is 6.07 Å².